The SMILES string of the molecule is COc1cc(-c2cc(C(=O)N3CC[C@H](C(=O)NC4CCC(C(F)(F)F)CC4)CC34CC4)n[nH]2)c(F)cn1. The van der Waals surface area contributed by atoms with Gasteiger partial charge in [-0.3, -0.25) is 14.7 Å². The van der Waals surface area contributed by atoms with Crippen molar-refractivity contribution < 1.29 is 31.9 Å². The average molecular weight is 524 g/mol. The highest BCUT2D eigenvalue weighted by atomic mass is 19.4. The van der Waals surface area contributed by atoms with E-state index >= 15 is 0 Å². The summed E-state index contributed by atoms with van der Waals surface area (Å²) in [6.07, 6.45) is 0.0859. The van der Waals surface area contributed by atoms with E-state index in [1.165, 1.54) is 19.2 Å². The van der Waals surface area contributed by atoms with Crippen LogP contribution in [0, 0.1) is 17.7 Å². The molecule has 0 unspecified atom stereocenters. The number of carbonyl (C=O) groups excluding carboxylic acids is 2. The van der Waals surface area contributed by atoms with Gasteiger partial charge in [0.05, 0.1) is 24.9 Å². The van der Waals surface area contributed by atoms with Gasteiger partial charge in [0.15, 0.2) is 11.5 Å². The van der Waals surface area contributed by atoms with Gasteiger partial charge in [0, 0.05) is 35.7 Å². The number of nitrogens with one attached hydrogen (secondary N) is 2. The molecule has 0 radical (unpaired) electrons. The number of H-pyrrole nitrogens is 1. The summed E-state index contributed by atoms with van der Waals surface area (Å²) in [6.45, 7) is 0.372. The molecule has 1 spiro atoms. The number of pyridine rings is 1. The maximum absolute atomic E-state index is 14.3. The summed E-state index contributed by atoms with van der Waals surface area (Å²) in [7, 11) is 1.42. The van der Waals surface area contributed by atoms with E-state index in [2.05, 4.69) is 20.5 Å². The zero-order chi connectivity index (χ0) is 26.4. The highest BCUT2D eigenvalue weighted by molar-refractivity contribution is 5.94. The molecule has 37 heavy (non-hydrogen) atoms. The highest BCUT2D eigenvalue weighted by Gasteiger charge is 2.55. The first-order valence-electron chi connectivity index (χ1n) is 12.5. The number of rotatable bonds is 5. The van der Waals surface area contributed by atoms with Crippen molar-refractivity contribution in [3.05, 3.63) is 29.8 Å². The predicted molar refractivity (Wildman–Crippen MR) is 124 cm³/mol. The van der Waals surface area contributed by atoms with Crippen LogP contribution in [0.3, 0.4) is 0 Å². The number of aromatic nitrogens is 3. The molecular weight excluding hydrogens is 494 g/mol. The van der Waals surface area contributed by atoms with E-state index in [4.69, 9.17) is 4.74 Å². The van der Waals surface area contributed by atoms with Gasteiger partial charge in [0.1, 0.15) is 0 Å². The van der Waals surface area contributed by atoms with Crippen LogP contribution in [0.5, 0.6) is 5.88 Å². The summed E-state index contributed by atoms with van der Waals surface area (Å²) < 4.78 is 58.1. The van der Waals surface area contributed by atoms with Crippen LogP contribution in [0.1, 0.15) is 61.9 Å². The molecule has 1 atom stereocenters. The van der Waals surface area contributed by atoms with Crippen LogP contribution < -0.4 is 10.1 Å². The van der Waals surface area contributed by atoms with Crippen molar-refractivity contribution in [2.24, 2.45) is 11.8 Å². The van der Waals surface area contributed by atoms with Gasteiger partial charge >= 0.3 is 6.18 Å². The predicted octanol–water partition coefficient (Wildman–Crippen LogP) is 4.24. The Hall–Kier alpha value is -3.18. The maximum Gasteiger partial charge on any atom is 0.391 e. The summed E-state index contributed by atoms with van der Waals surface area (Å²) in [5.74, 6) is -2.36. The average Bonchev–Trinajstić information content (AvgIpc) is 3.45. The van der Waals surface area contributed by atoms with Gasteiger partial charge in [-0.1, -0.05) is 0 Å². The summed E-state index contributed by atoms with van der Waals surface area (Å²) in [4.78, 5) is 31.9. The van der Waals surface area contributed by atoms with E-state index in [0.29, 0.717) is 37.9 Å². The first kappa shape index (κ1) is 25.5. The van der Waals surface area contributed by atoms with Crippen LogP contribution in [-0.4, -0.2) is 63.3 Å². The van der Waals surface area contributed by atoms with Gasteiger partial charge in [-0.15, -0.1) is 0 Å². The van der Waals surface area contributed by atoms with E-state index in [-0.39, 0.29) is 53.8 Å². The highest BCUT2D eigenvalue weighted by Crippen LogP contribution is 2.50. The Morgan fingerprint density at radius 3 is 2.54 bits per heavy atom. The Balaban J connectivity index is 1.20. The third kappa shape index (κ3) is 5.15. The summed E-state index contributed by atoms with van der Waals surface area (Å²) in [5.41, 5.74) is 0.232. The number of amides is 2. The van der Waals surface area contributed by atoms with Crippen LogP contribution in [0.2, 0.25) is 0 Å². The van der Waals surface area contributed by atoms with E-state index in [0.717, 1.165) is 19.0 Å². The number of hydrogen-bond acceptors (Lipinski definition) is 5. The molecule has 2 aliphatic carbocycles. The number of hydrogen-bond donors (Lipinski definition) is 2. The first-order valence-corrected chi connectivity index (χ1v) is 12.5. The molecule has 5 rings (SSSR count). The van der Waals surface area contributed by atoms with Crippen molar-refractivity contribution in [2.75, 3.05) is 13.7 Å². The largest absolute Gasteiger partial charge is 0.481 e. The van der Waals surface area contributed by atoms with Crippen molar-refractivity contribution in [3.8, 4) is 17.1 Å². The molecule has 1 saturated heterocycles. The van der Waals surface area contributed by atoms with E-state index in [9.17, 15) is 27.2 Å². The number of nitrogens with zero attached hydrogens (tertiary/aromatic N) is 3. The summed E-state index contributed by atoms with van der Waals surface area (Å²) in [5, 5.41) is 9.78. The smallest absolute Gasteiger partial charge is 0.391 e. The molecule has 3 heterocycles. The van der Waals surface area contributed by atoms with Gasteiger partial charge in [-0.05, 0) is 57.4 Å². The van der Waals surface area contributed by atoms with Gasteiger partial charge in [-0.2, -0.15) is 18.3 Å². The molecule has 2 aromatic heterocycles. The van der Waals surface area contributed by atoms with Crippen molar-refractivity contribution in [2.45, 2.75) is 69.1 Å². The zero-order valence-electron chi connectivity index (χ0n) is 20.4. The molecule has 12 heteroatoms. The Labute approximate surface area is 211 Å². The van der Waals surface area contributed by atoms with Crippen LogP contribution in [-0.2, 0) is 4.79 Å². The topological polar surface area (TPSA) is 100 Å². The lowest BCUT2D eigenvalue weighted by molar-refractivity contribution is -0.182. The van der Waals surface area contributed by atoms with Crippen LogP contribution in [0.15, 0.2) is 18.3 Å². The number of aromatic amines is 1. The molecule has 2 saturated carbocycles. The lowest BCUT2D eigenvalue weighted by atomic mass is 9.84. The Kier molecular flexibility index (Phi) is 6.61. The van der Waals surface area contributed by atoms with Gasteiger partial charge in [-0.25, -0.2) is 9.37 Å². The second-order valence-corrected chi connectivity index (χ2v) is 10.3. The molecule has 2 N–H and O–H groups in total. The fourth-order valence-corrected chi connectivity index (χ4v) is 5.68. The number of alkyl halides is 3. The quantitative estimate of drug-likeness (QED) is 0.571. The van der Waals surface area contributed by atoms with Crippen molar-refractivity contribution in [1.82, 2.24) is 25.4 Å². The van der Waals surface area contributed by atoms with E-state index < -0.39 is 23.5 Å². The van der Waals surface area contributed by atoms with E-state index in [1.807, 2.05) is 0 Å². The maximum atomic E-state index is 14.3. The fourth-order valence-electron chi connectivity index (χ4n) is 5.68. The zero-order valence-corrected chi connectivity index (χ0v) is 20.4. The number of halogens is 4. The molecule has 1 aliphatic heterocycles. The standard InChI is InChI=1S/C25H29F4N5O3/c1-37-21-10-17(18(26)13-30-21)19-11-20(33-32-19)23(36)34-9-6-14(12-24(34)7-8-24)22(35)31-16-4-2-15(3-5-16)25(27,28)29/h10-11,13-16H,2-9,12H2,1H3,(H,31,35)(H,32,33)/t14-,15?,16?/m0/s1. The number of ether oxygens (including phenoxy) is 1. The summed E-state index contributed by atoms with van der Waals surface area (Å²) in [6, 6.07) is 2.67. The van der Waals surface area contributed by atoms with E-state index in [1.54, 1.807) is 4.90 Å². The third-order valence-corrected chi connectivity index (χ3v) is 8.01. The van der Waals surface area contributed by atoms with Crippen molar-refractivity contribution >= 4 is 11.8 Å². The molecule has 8 nitrogen and oxygen atoms in total. The molecule has 2 amide bonds. The van der Waals surface area contributed by atoms with Gasteiger partial charge in [0.25, 0.3) is 5.91 Å². The van der Waals surface area contributed by atoms with Crippen LogP contribution in [0.4, 0.5) is 17.6 Å². The lowest BCUT2D eigenvalue weighted by Crippen LogP contribution is -2.52. The monoisotopic (exact) mass is 523 g/mol. The summed E-state index contributed by atoms with van der Waals surface area (Å²) >= 11 is 0. The Morgan fingerprint density at radius 2 is 1.89 bits per heavy atom. The first-order chi connectivity index (χ1) is 17.6. The van der Waals surface area contributed by atoms with Crippen molar-refractivity contribution in [1.29, 1.82) is 0 Å². The van der Waals surface area contributed by atoms with Crippen LogP contribution in [0.25, 0.3) is 11.3 Å². The fraction of sp³-hybridized carbons (Fsp3) is 0.600. The Bertz CT molecular complexity index is 1170. The molecule has 3 aliphatic rings. The minimum absolute atomic E-state index is 0.0349. The van der Waals surface area contributed by atoms with Gasteiger partial charge in [0.2, 0.25) is 11.8 Å². The van der Waals surface area contributed by atoms with Crippen LogP contribution >= 0.6 is 0 Å². The second-order valence-electron chi connectivity index (χ2n) is 10.3. The Morgan fingerprint density at radius 1 is 1.16 bits per heavy atom. The second kappa shape index (κ2) is 9.60. The minimum atomic E-state index is -4.18. The molecular formula is C25H29F4N5O3. The number of methoxy groups -OCH3 is 1. The minimum Gasteiger partial charge on any atom is -0.481 e. The molecule has 0 bridgehead atoms. The third-order valence-electron chi connectivity index (χ3n) is 8.01. The number of carbonyl (C=O) groups is 2. The molecule has 2 aromatic rings. The molecule has 3 fully saturated rings. The van der Waals surface area contributed by atoms with Gasteiger partial charge < -0.3 is 15.0 Å². The lowest BCUT2D eigenvalue weighted by Gasteiger charge is -2.40. The normalized spacial score (nSPS) is 25.1. The number of likely N-dealkylation sites (tertiary alicyclic amines) is 1. The van der Waals surface area contributed by atoms with Crippen molar-refractivity contribution in [3.63, 3.8) is 0 Å². The number of piperidine rings is 1. The molecule has 0 aromatic carbocycles. The molecule has 200 valence electrons.